The highest BCUT2D eigenvalue weighted by molar-refractivity contribution is 4.99. The van der Waals surface area contributed by atoms with Crippen molar-refractivity contribution in [3.63, 3.8) is 0 Å². The Kier molecular flexibility index (Phi) is 6.87. The van der Waals surface area contributed by atoms with Crippen molar-refractivity contribution in [3.8, 4) is 0 Å². The molecule has 3 N–H and O–H groups in total. The summed E-state index contributed by atoms with van der Waals surface area (Å²) >= 11 is 0. The van der Waals surface area contributed by atoms with Crippen LogP contribution in [-0.2, 0) is 0 Å². The van der Waals surface area contributed by atoms with Crippen LogP contribution < -0.4 is 10.6 Å². The molecule has 1 rings (SSSR count). The van der Waals surface area contributed by atoms with E-state index >= 15 is 0 Å². The summed E-state index contributed by atoms with van der Waals surface area (Å²) in [5, 5.41) is 10.5. The zero-order valence-electron chi connectivity index (χ0n) is 12.4. The Hall–Kier alpha value is -0.480. The molecule has 0 spiro atoms. The third kappa shape index (κ3) is 6.74. The molecule has 0 amide bonds. The second-order valence-electron chi connectivity index (χ2n) is 5.83. The lowest BCUT2D eigenvalue weighted by Crippen LogP contribution is -2.61. The molecule has 0 unspecified atom stereocenters. The van der Waals surface area contributed by atoms with Gasteiger partial charge in [0.2, 0.25) is 0 Å². The van der Waals surface area contributed by atoms with Gasteiger partial charge in [0.25, 0.3) is 0 Å². The van der Waals surface area contributed by atoms with Crippen LogP contribution in [0.3, 0.4) is 0 Å². The molecule has 1 heterocycles. The van der Waals surface area contributed by atoms with Crippen LogP contribution in [0.4, 0.5) is 0 Å². The zero-order valence-corrected chi connectivity index (χ0v) is 12.4. The largest absolute Gasteiger partial charge is 0.312 e. The van der Waals surface area contributed by atoms with Crippen molar-refractivity contribution in [2.75, 3.05) is 13.1 Å². The van der Waals surface area contributed by atoms with E-state index in [4.69, 9.17) is 5.53 Å². The van der Waals surface area contributed by atoms with E-state index in [-0.39, 0.29) is 12.5 Å². The number of nitrogens with zero attached hydrogens (tertiary/aromatic N) is 1. The minimum Gasteiger partial charge on any atom is -0.312 e. The lowest BCUT2D eigenvalue weighted by Gasteiger charge is -2.46. The van der Waals surface area contributed by atoms with Crippen LogP contribution >= 0.6 is 0 Å². The molecule has 0 aromatic heterocycles. The van der Waals surface area contributed by atoms with E-state index in [2.05, 4.69) is 43.4 Å². The molecule has 0 aromatic rings. The SMILES string of the molecule is CC.CC1(C)CC(NCCN=N)CC(C)(C)N1.[HH]. The maximum absolute atomic E-state index is 6.75. The topological polar surface area (TPSA) is 60.3 Å². The van der Waals surface area contributed by atoms with Gasteiger partial charge in [0.1, 0.15) is 0 Å². The van der Waals surface area contributed by atoms with Gasteiger partial charge in [-0.3, -0.25) is 0 Å². The van der Waals surface area contributed by atoms with Gasteiger partial charge >= 0.3 is 0 Å². The fraction of sp³-hybridized carbons (Fsp3) is 1.00. The fourth-order valence-electron chi connectivity index (χ4n) is 2.79. The number of hydrogen-bond acceptors (Lipinski definition) is 4. The second kappa shape index (κ2) is 7.07. The van der Waals surface area contributed by atoms with Gasteiger partial charge in [-0.15, -0.1) is 0 Å². The van der Waals surface area contributed by atoms with Crippen LogP contribution in [0.2, 0.25) is 0 Å². The predicted octanol–water partition coefficient (Wildman–Crippen LogP) is 3.19. The molecular formula is C13H32N4. The van der Waals surface area contributed by atoms with Crippen molar-refractivity contribution in [1.82, 2.24) is 10.6 Å². The van der Waals surface area contributed by atoms with Crippen molar-refractivity contribution in [3.05, 3.63) is 0 Å². The summed E-state index contributed by atoms with van der Waals surface area (Å²) in [7, 11) is 0. The zero-order chi connectivity index (χ0) is 13.5. The molecule has 1 fully saturated rings. The van der Waals surface area contributed by atoms with Crippen molar-refractivity contribution >= 4 is 0 Å². The molecular weight excluding hydrogens is 212 g/mol. The van der Waals surface area contributed by atoms with Crippen molar-refractivity contribution in [2.45, 2.75) is 71.5 Å². The van der Waals surface area contributed by atoms with Gasteiger partial charge in [0.05, 0.1) is 6.54 Å². The third-order valence-electron chi connectivity index (χ3n) is 2.85. The Bertz CT molecular complexity index is 213. The number of hydrogen-bond donors (Lipinski definition) is 3. The van der Waals surface area contributed by atoms with Gasteiger partial charge < -0.3 is 10.6 Å². The molecule has 4 heteroatoms. The molecule has 1 aliphatic heterocycles. The van der Waals surface area contributed by atoms with Crippen LogP contribution in [-0.4, -0.2) is 30.2 Å². The minimum absolute atomic E-state index is 0. The van der Waals surface area contributed by atoms with Crippen LogP contribution in [0.1, 0.15) is 55.8 Å². The van der Waals surface area contributed by atoms with Crippen molar-refractivity contribution < 1.29 is 1.43 Å². The first-order valence-corrected chi connectivity index (χ1v) is 6.71. The molecule has 4 nitrogen and oxygen atoms in total. The van der Waals surface area contributed by atoms with Crippen LogP contribution in [0, 0.1) is 5.53 Å². The smallest absolute Gasteiger partial charge is 0.0721 e. The first-order chi connectivity index (χ1) is 7.85. The van der Waals surface area contributed by atoms with Crippen molar-refractivity contribution in [1.29, 1.82) is 5.53 Å². The maximum Gasteiger partial charge on any atom is 0.0721 e. The average molecular weight is 244 g/mol. The first kappa shape index (κ1) is 16.5. The molecule has 0 aliphatic carbocycles. The molecule has 1 aliphatic rings. The van der Waals surface area contributed by atoms with Gasteiger partial charge in [-0.05, 0) is 40.5 Å². The molecule has 0 bridgehead atoms. The highest BCUT2D eigenvalue weighted by Crippen LogP contribution is 2.28. The van der Waals surface area contributed by atoms with Crippen molar-refractivity contribution in [2.24, 2.45) is 5.11 Å². The normalized spacial score (nSPS) is 22.5. The maximum atomic E-state index is 6.75. The summed E-state index contributed by atoms with van der Waals surface area (Å²) in [5.41, 5.74) is 7.13. The Morgan fingerprint density at radius 1 is 1.24 bits per heavy atom. The first-order valence-electron chi connectivity index (χ1n) is 6.71. The summed E-state index contributed by atoms with van der Waals surface area (Å²) in [4.78, 5) is 0. The van der Waals surface area contributed by atoms with E-state index in [9.17, 15) is 0 Å². The fourth-order valence-corrected chi connectivity index (χ4v) is 2.79. The summed E-state index contributed by atoms with van der Waals surface area (Å²) < 4.78 is 0. The predicted molar refractivity (Wildman–Crippen MR) is 75.8 cm³/mol. The Morgan fingerprint density at radius 3 is 2.12 bits per heavy atom. The number of piperidine rings is 1. The van der Waals surface area contributed by atoms with Gasteiger partial charge in [-0.2, -0.15) is 5.11 Å². The van der Waals surface area contributed by atoms with Gasteiger partial charge in [-0.25, -0.2) is 5.53 Å². The average Bonchev–Trinajstić information content (AvgIpc) is 2.16. The molecule has 0 aromatic carbocycles. The standard InChI is InChI=1S/C11H24N4.C2H6.H2/c1-10(2)7-9(13-5-6-14-12)8-11(3,4)15-10;1-2;/h9,12-13,15H,5-8H2,1-4H3;1-2H3;1H. The molecule has 1 saturated heterocycles. The third-order valence-corrected chi connectivity index (χ3v) is 2.85. The number of rotatable bonds is 4. The molecule has 104 valence electrons. The van der Waals surface area contributed by atoms with Gasteiger partial charge in [0, 0.05) is 25.1 Å². The summed E-state index contributed by atoms with van der Waals surface area (Å²) in [6.45, 7) is 14.4. The van der Waals surface area contributed by atoms with Crippen LogP contribution in [0.15, 0.2) is 5.11 Å². The van der Waals surface area contributed by atoms with E-state index in [1.807, 2.05) is 13.8 Å². The molecule has 17 heavy (non-hydrogen) atoms. The molecule has 0 radical (unpaired) electrons. The van der Waals surface area contributed by atoms with Gasteiger partial charge in [-0.1, -0.05) is 13.8 Å². The van der Waals surface area contributed by atoms with Crippen LogP contribution in [0.5, 0.6) is 0 Å². The van der Waals surface area contributed by atoms with E-state index < -0.39 is 0 Å². The molecule has 0 atom stereocenters. The monoisotopic (exact) mass is 244 g/mol. The summed E-state index contributed by atoms with van der Waals surface area (Å²) in [6, 6.07) is 0.540. The Morgan fingerprint density at radius 2 is 1.71 bits per heavy atom. The second-order valence-corrected chi connectivity index (χ2v) is 5.83. The van der Waals surface area contributed by atoms with E-state index in [1.165, 1.54) is 0 Å². The summed E-state index contributed by atoms with van der Waals surface area (Å²) in [5.74, 6) is 0. The Labute approximate surface area is 108 Å². The molecule has 0 saturated carbocycles. The quantitative estimate of drug-likeness (QED) is 0.525. The lowest BCUT2D eigenvalue weighted by atomic mass is 9.79. The highest BCUT2D eigenvalue weighted by atomic mass is 15.1. The Balaban J connectivity index is 0. The summed E-state index contributed by atoms with van der Waals surface area (Å²) in [6.07, 6.45) is 2.27. The minimum atomic E-state index is 0. The van der Waals surface area contributed by atoms with E-state index in [0.29, 0.717) is 12.6 Å². The van der Waals surface area contributed by atoms with Gasteiger partial charge in [0.15, 0.2) is 0 Å². The lowest BCUT2D eigenvalue weighted by molar-refractivity contribution is 0.147. The van der Waals surface area contributed by atoms with Crippen LogP contribution in [0.25, 0.3) is 0 Å². The number of nitrogens with one attached hydrogen (secondary N) is 3. The highest BCUT2D eigenvalue weighted by Gasteiger charge is 2.37. The van der Waals surface area contributed by atoms with E-state index in [0.717, 1.165) is 19.4 Å². The van der Waals surface area contributed by atoms with E-state index in [1.54, 1.807) is 0 Å².